The van der Waals surface area contributed by atoms with E-state index in [-0.39, 0.29) is 6.10 Å². The largest absolute Gasteiger partial charge is 0.473 e. The highest BCUT2D eigenvalue weighted by atomic mass is 16.5. The Morgan fingerprint density at radius 2 is 2.05 bits per heavy atom. The van der Waals surface area contributed by atoms with Crippen LogP contribution in [0.4, 0.5) is 11.5 Å². The fourth-order valence-electron chi connectivity index (χ4n) is 2.76. The summed E-state index contributed by atoms with van der Waals surface area (Å²) >= 11 is 0. The van der Waals surface area contributed by atoms with Crippen molar-refractivity contribution in [3.05, 3.63) is 6.33 Å². The van der Waals surface area contributed by atoms with E-state index in [9.17, 15) is 0 Å². The van der Waals surface area contributed by atoms with Gasteiger partial charge in [-0.25, -0.2) is 4.98 Å². The van der Waals surface area contributed by atoms with E-state index in [4.69, 9.17) is 10.5 Å². The molecule has 118 valence electrons. The second-order valence-electron chi connectivity index (χ2n) is 5.86. The number of nitrogens with two attached hydrogens (primary N) is 1. The minimum atomic E-state index is 0.0492. The number of aromatic nitrogens is 2. The van der Waals surface area contributed by atoms with Crippen LogP contribution in [0.2, 0.25) is 0 Å². The van der Waals surface area contributed by atoms with Gasteiger partial charge < -0.3 is 20.3 Å². The van der Waals surface area contributed by atoms with Crippen LogP contribution in [0.5, 0.6) is 5.88 Å². The Bertz CT molecular complexity index is 457. The first-order valence-corrected chi connectivity index (χ1v) is 7.75. The van der Waals surface area contributed by atoms with Gasteiger partial charge in [0.2, 0.25) is 5.88 Å². The molecule has 0 radical (unpaired) electrons. The Kier molecular flexibility index (Phi) is 5.22. The molecular formula is C15H27N5O. The van der Waals surface area contributed by atoms with Gasteiger partial charge in [-0.3, -0.25) is 0 Å². The van der Waals surface area contributed by atoms with Gasteiger partial charge in [0.25, 0.3) is 0 Å². The average molecular weight is 293 g/mol. The molecule has 2 rings (SSSR count). The molecular weight excluding hydrogens is 266 g/mol. The summed E-state index contributed by atoms with van der Waals surface area (Å²) in [6.07, 6.45) is 3.84. The summed E-state index contributed by atoms with van der Waals surface area (Å²) < 4.78 is 5.65. The zero-order chi connectivity index (χ0) is 15.4. The molecule has 1 aromatic heterocycles. The molecule has 1 fully saturated rings. The Morgan fingerprint density at radius 1 is 1.38 bits per heavy atom. The fourth-order valence-corrected chi connectivity index (χ4v) is 2.76. The number of rotatable bonds is 5. The van der Waals surface area contributed by atoms with E-state index in [0.29, 0.717) is 17.6 Å². The van der Waals surface area contributed by atoms with Crippen molar-refractivity contribution in [1.29, 1.82) is 0 Å². The molecule has 0 amide bonds. The maximum atomic E-state index is 6.19. The Balaban J connectivity index is 2.10. The van der Waals surface area contributed by atoms with Gasteiger partial charge in [0.05, 0.1) is 6.10 Å². The van der Waals surface area contributed by atoms with E-state index in [1.54, 1.807) is 0 Å². The van der Waals surface area contributed by atoms with E-state index in [1.165, 1.54) is 6.33 Å². The number of piperidine rings is 1. The van der Waals surface area contributed by atoms with Gasteiger partial charge >= 0.3 is 0 Å². The third kappa shape index (κ3) is 3.75. The lowest BCUT2D eigenvalue weighted by Crippen LogP contribution is -2.43. The minimum absolute atomic E-state index is 0.0492. The number of nitrogens with zero attached hydrogens (tertiary/aromatic N) is 4. The second-order valence-corrected chi connectivity index (χ2v) is 5.86. The molecule has 0 saturated carbocycles. The first kappa shape index (κ1) is 15.8. The molecule has 1 saturated heterocycles. The normalized spacial score (nSPS) is 17.2. The quantitative estimate of drug-likeness (QED) is 0.892. The van der Waals surface area contributed by atoms with Gasteiger partial charge in [-0.1, -0.05) is 6.92 Å². The maximum absolute atomic E-state index is 6.19. The van der Waals surface area contributed by atoms with Crippen molar-refractivity contribution < 1.29 is 4.74 Å². The third-order valence-corrected chi connectivity index (χ3v) is 4.06. The highest BCUT2D eigenvalue weighted by molar-refractivity contribution is 5.67. The summed E-state index contributed by atoms with van der Waals surface area (Å²) in [6, 6.07) is 0.469. The number of anilines is 2. The molecule has 0 aliphatic carbocycles. The van der Waals surface area contributed by atoms with Gasteiger partial charge in [-0.05, 0) is 33.2 Å². The molecule has 0 unspecified atom stereocenters. The summed E-state index contributed by atoms with van der Waals surface area (Å²) in [4.78, 5) is 13.1. The van der Waals surface area contributed by atoms with E-state index in [1.807, 2.05) is 13.8 Å². The van der Waals surface area contributed by atoms with Crippen LogP contribution in [-0.4, -0.2) is 53.7 Å². The molecule has 6 nitrogen and oxygen atoms in total. The summed E-state index contributed by atoms with van der Waals surface area (Å²) in [6.45, 7) is 9.52. The number of likely N-dealkylation sites (tertiary alicyclic amines) is 1. The molecule has 0 atom stereocenters. The van der Waals surface area contributed by atoms with Gasteiger partial charge in [0.1, 0.15) is 12.0 Å². The van der Waals surface area contributed by atoms with Crippen molar-refractivity contribution in [3.8, 4) is 5.88 Å². The zero-order valence-corrected chi connectivity index (χ0v) is 13.5. The van der Waals surface area contributed by atoms with Gasteiger partial charge in [-0.2, -0.15) is 4.98 Å². The lowest BCUT2D eigenvalue weighted by molar-refractivity contribution is 0.220. The summed E-state index contributed by atoms with van der Waals surface area (Å²) in [5.41, 5.74) is 6.72. The lowest BCUT2D eigenvalue weighted by atomic mass is 10.0. The molecule has 0 bridgehead atoms. The van der Waals surface area contributed by atoms with Crippen molar-refractivity contribution in [3.63, 3.8) is 0 Å². The van der Waals surface area contributed by atoms with Crippen molar-refractivity contribution >= 4 is 11.5 Å². The first-order chi connectivity index (χ1) is 10.0. The van der Waals surface area contributed by atoms with Crippen molar-refractivity contribution in [2.24, 2.45) is 0 Å². The van der Waals surface area contributed by atoms with Gasteiger partial charge in [0, 0.05) is 26.2 Å². The fraction of sp³-hybridized carbons (Fsp3) is 0.733. The maximum Gasteiger partial charge on any atom is 0.242 e. The minimum Gasteiger partial charge on any atom is -0.473 e. The van der Waals surface area contributed by atoms with E-state index >= 15 is 0 Å². The summed E-state index contributed by atoms with van der Waals surface area (Å²) in [5.74, 6) is 1.25. The van der Waals surface area contributed by atoms with Crippen LogP contribution in [0.15, 0.2) is 6.33 Å². The predicted molar refractivity (Wildman–Crippen MR) is 85.7 cm³/mol. The molecule has 1 aromatic rings. The smallest absolute Gasteiger partial charge is 0.242 e. The molecule has 0 spiro atoms. The van der Waals surface area contributed by atoms with Crippen LogP contribution in [0.3, 0.4) is 0 Å². The van der Waals surface area contributed by atoms with Crippen molar-refractivity contribution in [2.45, 2.75) is 45.8 Å². The number of ether oxygens (including phenoxy) is 1. The van der Waals surface area contributed by atoms with Crippen LogP contribution in [0, 0.1) is 0 Å². The second kappa shape index (κ2) is 6.93. The number of nitrogen functional groups attached to an aromatic ring is 1. The number of hydrogen-bond acceptors (Lipinski definition) is 6. The molecule has 0 aromatic carbocycles. The third-order valence-electron chi connectivity index (χ3n) is 4.06. The monoisotopic (exact) mass is 293 g/mol. The van der Waals surface area contributed by atoms with E-state index in [0.717, 1.165) is 38.3 Å². The first-order valence-electron chi connectivity index (χ1n) is 7.75. The average Bonchev–Trinajstić information content (AvgIpc) is 2.48. The molecule has 6 heteroatoms. The Morgan fingerprint density at radius 3 is 2.62 bits per heavy atom. The lowest BCUT2D eigenvalue weighted by Gasteiger charge is -2.37. The Labute approximate surface area is 127 Å². The summed E-state index contributed by atoms with van der Waals surface area (Å²) in [5, 5.41) is 0. The van der Waals surface area contributed by atoms with Crippen LogP contribution in [0.25, 0.3) is 0 Å². The Hall–Kier alpha value is -1.56. The van der Waals surface area contributed by atoms with Crippen LogP contribution in [0.1, 0.15) is 33.6 Å². The van der Waals surface area contributed by atoms with Gasteiger partial charge in [-0.15, -0.1) is 0 Å². The molecule has 1 aliphatic heterocycles. The molecule has 1 aliphatic rings. The predicted octanol–water partition coefficient (Wildman–Crippen LogP) is 1.77. The van der Waals surface area contributed by atoms with Crippen LogP contribution < -0.4 is 15.4 Å². The molecule has 2 N–H and O–H groups in total. The number of hydrogen-bond donors (Lipinski definition) is 1. The molecule has 21 heavy (non-hydrogen) atoms. The SMILES string of the molecule is CCN1CCC(N(C)c2ncnc(OC(C)C)c2N)CC1. The van der Waals surface area contributed by atoms with Crippen molar-refractivity contribution in [2.75, 3.05) is 37.3 Å². The highest BCUT2D eigenvalue weighted by Crippen LogP contribution is 2.30. The van der Waals surface area contributed by atoms with Crippen molar-refractivity contribution in [1.82, 2.24) is 14.9 Å². The van der Waals surface area contributed by atoms with Crippen LogP contribution >= 0.6 is 0 Å². The zero-order valence-electron chi connectivity index (χ0n) is 13.5. The van der Waals surface area contributed by atoms with E-state index in [2.05, 4.69) is 33.7 Å². The molecule has 2 heterocycles. The van der Waals surface area contributed by atoms with E-state index < -0.39 is 0 Å². The van der Waals surface area contributed by atoms with Gasteiger partial charge in [0.15, 0.2) is 5.82 Å². The topological polar surface area (TPSA) is 67.5 Å². The summed E-state index contributed by atoms with van der Waals surface area (Å²) in [7, 11) is 2.06. The van der Waals surface area contributed by atoms with Crippen LogP contribution in [-0.2, 0) is 0 Å². The highest BCUT2D eigenvalue weighted by Gasteiger charge is 2.25. The standard InChI is InChI=1S/C15H27N5O/c1-5-20-8-6-12(7-9-20)19(4)14-13(16)15(18-10-17-14)21-11(2)3/h10-12H,5-9,16H2,1-4H3.